The summed E-state index contributed by atoms with van der Waals surface area (Å²) in [4.78, 5) is 16.4. The molecule has 17 heavy (non-hydrogen) atoms. The lowest BCUT2D eigenvalue weighted by atomic mass is 9.80. The first kappa shape index (κ1) is 11.2. The first-order chi connectivity index (χ1) is 8.18. The molecule has 0 aromatic carbocycles. The quantitative estimate of drug-likeness (QED) is 0.845. The fraction of sp³-hybridized carbons (Fsp3) is 0.500. The van der Waals surface area contributed by atoms with E-state index in [1.807, 2.05) is 11.4 Å². The van der Waals surface area contributed by atoms with E-state index in [4.69, 9.17) is 12.2 Å². The first-order valence-electron chi connectivity index (χ1n) is 5.90. The maximum Gasteiger partial charge on any atom is 0.263 e. The summed E-state index contributed by atoms with van der Waals surface area (Å²) >= 11 is 6.84. The number of nitrogens with one attached hydrogen (secondary N) is 1. The van der Waals surface area contributed by atoms with E-state index >= 15 is 0 Å². The number of thiophene rings is 1. The molecule has 0 saturated heterocycles. The smallest absolute Gasteiger partial charge is 0.263 e. The number of aromatic nitrogens is 2. The molecule has 1 unspecified atom stereocenters. The molecule has 3 rings (SSSR count). The van der Waals surface area contributed by atoms with Crippen LogP contribution in [0.25, 0.3) is 10.2 Å². The summed E-state index contributed by atoms with van der Waals surface area (Å²) in [5.74, 6) is 0.610. The van der Waals surface area contributed by atoms with Crippen LogP contribution in [-0.2, 0) is 0 Å². The maximum atomic E-state index is 12.4. The molecule has 1 atom stereocenters. The Morgan fingerprint density at radius 1 is 1.59 bits per heavy atom. The second-order valence-electron chi connectivity index (χ2n) is 4.70. The molecule has 1 N–H and O–H groups in total. The van der Waals surface area contributed by atoms with E-state index in [2.05, 4.69) is 11.9 Å². The number of fused-ring (bicyclic) bond motifs is 1. The van der Waals surface area contributed by atoms with Crippen LogP contribution in [0.3, 0.4) is 0 Å². The van der Waals surface area contributed by atoms with Gasteiger partial charge >= 0.3 is 0 Å². The van der Waals surface area contributed by atoms with Crippen molar-refractivity contribution in [1.82, 2.24) is 9.55 Å². The third-order valence-electron chi connectivity index (χ3n) is 3.79. The Kier molecular flexibility index (Phi) is 2.67. The van der Waals surface area contributed by atoms with Crippen molar-refractivity contribution in [3.05, 3.63) is 26.6 Å². The minimum Gasteiger partial charge on any atom is -0.323 e. The molecule has 90 valence electrons. The minimum atomic E-state index is 0.0596. The predicted molar refractivity (Wildman–Crippen MR) is 73.3 cm³/mol. The van der Waals surface area contributed by atoms with Crippen LogP contribution < -0.4 is 5.56 Å². The molecule has 1 aliphatic carbocycles. The van der Waals surface area contributed by atoms with Gasteiger partial charge in [0.15, 0.2) is 4.77 Å². The van der Waals surface area contributed by atoms with Crippen LogP contribution in [-0.4, -0.2) is 9.55 Å². The van der Waals surface area contributed by atoms with E-state index in [1.165, 1.54) is 30.6 Å². The first-order valence-corrected chi connectivity index (χ1v) is 7.19. The topological polar surface area (TPSA) is 37.8 Å². The van der Waals surface area contributed by atoms with Gasteiger partial charge in [0.05, 0.1) is 5.39 Å². The highest BCUT2D eigenvalue weighted by molar-refractivity contribution is 7.71. The van der Waals surface area contributed by atoms with Gasteiger partial charge in [-0.1, -0.05) is 6.42 Å². The average Bonchev–Trinajstić information content (AvgIpc) is 2.62. The Balaban J connectivity index is 2.20. The van der Waals surface area contributed by atoms with Crippen molar-refractivity contribution in [2.45, 2.75) is 32.2 Å². The van der Waals surface area contributed by atoms with Crippen molar-refractivity contribution in [3.63, 3.8) is 0 Å². The van der Waals surface area contributed by atoms with Gasteiger partial charge in [0.2, 0.25) is 0 Å². The molecule has 1 aliphatic rings. The Labute approximate surface area is 108 Å². The molecule has 0 bridgehead atoms. The van der Waals surface area contributed by atoms with Crippen molar-refractivity contribution in [2.24, 2.45) is 5.92 Å². The number of hydrogen-bond acceptors (Lipinski definition) is 3. The van der Waals surface area contributed by atoms with Gasteiger partial charge in [-0.25, -0.2) is 0 Å². The van der Waals surface area contributed by atoms with Gasteiger partial charge in [0.1, 0.15) is 4.83 Å². The van der Waals surface area contributed by atoms with Crippen LogP contribution in [0.2, 0.25) is 0 Å². The molecule has 0 radical (unpaired) electrons. The Hall–Kier alpha value is -0.940. The van der Waals surface area contributed by atoms with Crippen molar-refractivity contribution in [2.75, 3.05) is 0 Å². The average molecular weight is 266 g/mol. The van der Waals surface area contributed by atoms with E-state index in [0.717, 1.165) is 10.2 Å². The third-order valence-corrected chi connectivity index (χ3v) is 4.92. The van der Waals surface area contributed by atoms with Crippen molar-refractivity contribution in [1.29, 1.82) is 0 Å². The summed E-state index contributed by atoms with van der Waals surface area (Å²) in [5.41, 5.74) is 0.0596. The summed E-state index contributed by atoms with van der Waals surface area (Å²) in [6.07, 6.45) is 3.70. The zero-order valence-electron chi connectivity index (χ0n) is 9.60. The number of rotatable bonds is 2. The number of aromatic amines is 1. The van der Waals surface area contributed by atoms with Gasteiger partial charge in [0, 0.05) is 6.04 Å². The fourth-order valence-electron chi connectivity index (χ4n) is 2.46. The zero-order valence-corrected chi connectivity index (χ0v) is 11.2. The highest BCUT2D eigenvalue weighted by Crippen LogP contribution is 2.35. The summed E-state index contributed by atoms with van der Waals surface area (Å²) < 4.78 is 2.32. The molecular weight excluding hydrogens is 252 g/mol. The highest BCUT2D eigenvalue weighted by atomic mass is 32.1. The zero-order chi connectivity index (χ0) is 12.0. The third kappa shape index (κ3) is 1.68. The summed E-state index contributed by atoms with van der Waals surface area (Å²) in [6.45, 7) is 2.10. The molecule has 0 aliphatic heterocycles. The lowest BCUT2D eigenvalue weighted by Crippen LogP contribution is -2.31. The predicted octanol–water partition coefficient (Wildman–Crippen LogP) is 3.48. The van der Waals surface area contributed by atoms with E-state index in [0.29, 0.717) is 10.7 Å². The summed E-state index contributed by atoms with van der Waals surface area (Å²) in [6, 6.07) is 2.08. The molecule has 0 spiro atoms. The molecule has 1 fully saturated rings. The monoisotopic (exact) mass is 266 g/mol. The van der Waals surface area contributed by atoms with E-state index in [-0.39, 0.29) is 11.6 Å². The van der Waals surface area contributed by atoms with Crippen LogP contribution in [0.15, 0.2) is 16.2 Å². The summed E-state index contributed by atoms with van der Waals surface area (Å²) in [7, 11) is 0. The van der Waals surface area contributed by atoms with Crippen LogP contribution in [0, 0.1) is 10.7 Å². The highest BCUT2D eigenvalue weighted by Gasteiger charge is 2.26. The normalized spacial score (nSPS) is 18.2. The second kappa shape index (κ2) is 4.07. The van der Waals surface area contributed by atoms with Gasteiger partial charge in [-0.05, 0) is 49.3 Å². The van der Waals surface area contributed by atoms with Gasteiger partial charge in [-0.3, -0.25) is 9.36 Å². The fourth-order valence-corrected chi connectivity index (χ4v) is 3.65. The van der Waals surface area contributed by atoms with Crippen LogP contribution in [0.5, 0.6) is 0 Å². The Bertz CT molecular complexity index is 663. The van der Waals surface area contributed by atoms with Gasteiger partial charge < -0.3 is 4.98 Å². The molecule has 3 nitrogen and oxygen atoms in total. The SMILES string of the molecule is CC(C1CCC1)n1c(=S)[nH]c2sccc2c1=O. The van der Waals surface area contributed by atoms with E-state index in [9.17, 15) is 4.79 Å². The molecule has 2 aromatic rings. The van der Waals surface area contributed by atoms with E-state index < -0.39 is 0 Å². The van der Waals surface area contributed by atoms with Crippen LogP contribution in [0.1, 0.15) is 32.2 Å². The number of nitrogens with zero attached hydrogens (tertiary/aromatic N) is 1. The second-order valence-corrected chi connectivity index (χ2v) is 6.00. The molecular formula is C12H14N2OS2. The van der Waals surface area contributed by atoms with E-state index in [1.54, 1.807) is 4.57 Å². The Morgan fingerprint density at radius 2 is 2.35 bits per heavy atom. The molecule has 0 amide bonds. The van der Waals surface area contributed by atoms with Crippen molar-refractivity contribution in [3.8, 4) is 0 Å². The van der Waals surface area contributed by atoms with Gasteiger partial charge in [-0.2, -0.15) is 0 Å². The lowest BCUT2D eigenvalue weighted by molar-refractivity contribution is 0.217. The number of H-pyrrole nitrogens is 1. The summed E-state index contributed by atoms with van der Waals surface area (Å²) in [5, 5.41) is 2.69. The minimum absolute atomic E-state index is 0.0596. The molecule has 5 heteroatoms. The molecule has 2 heterocycles. The van der Waals surface area contributed by atoms with Gasteiger partial charge in [0.25, 0.3) is 5.56 Å². The van der Waals surface area contributed by atoms with Crippen LogP contribution >= 0.6 is 23.6 Å². The van der Waals surface area contributed by atoms with Gasteiger partial charge in [-0.15, -0.1) is 11.3 Å². The molecule has 2 aromatic heterocycles. The van der Waals surface area contributed by atoms with Crippen LogP contribution in [0.4, 0.5) is 0 Å². The Morgan fingerprint density at radius 3 is 3.00 bits per heavy atom. The largest absolute Gasteiger partial charge is 0.323 e. The standard InChI is InChI=1S/C12H14N2OS2/c1-7(8-3-2-4-8)14-11(15)9-5-6-17-10(9)13-12(14)16/h5-8H,2-4H2,1H3,(H,13,16). The van der Waals surface area contributed by atoms with Crippen molar-refractivity contribution < 1.29 is 0 Å². The maximum absolute atomic E-state index is 12.4. The number of hydrogen-bond donors (Lipinski definition) is 1. The van der Waals surface area contributed by atoms with Crippen molar-refractivity contribution >= 4 is 33.8 Å². The molecule has 1 saturated carbocycles. The lowest BCUT2D eigenvalue weighted by Gasteiger charge is -2.32.